The Morgan fingerprint density at radius 3 is 2.43 bits per heavy atom. The summed E-state index contributed by atoms with van der Waals surface area (Å²) in [5.41, 5.74) is 1.28. The highest BCUT2D eigenvalue weighted by molar-refractivity contribution is 7.91. The number of aromatic nitrogens is 2. The van der Waals surface area contributed by atoms with Gasteiger partial charge in [-0.05, 0) is 25.2 Å². The van der Waals surface area contributed by atoms with E-state index in [-0.39, 0.29) is 35.4 Å². The molecule has 1 fully saturated rings. The van der Waals surface area contributed by atoms with Crippen molar-refractivity contribution in [2.75, 3.05) is 11.5 Å². The average Bonchev–Trinajstić information content (AvgIpc) is 3.01. The maximum Gasteiger partial charge on any atom is 0.254 e. The predicted octanol–water partition coefficient (Wildman–Crippen LogP) is 2.14. The second-order valence-electron chi connectivity index (χ2n) is 7.13. The van der Waals surface area contributed by atoms with Crippen LogP contribution >= 0.6 is 0 Å². The molecule has 0 unspecified atom stereocenters. The van der Waals surface area contributed by atoms with Gasteiger partial charge in [-0.2, -0.15) is 5.10 Å². The third kappa shape index (κ3) is 4.13. The first kappa shape index (κ1) is 18.0. The van der Waals surface area contributed by atoms with E-state index in [1.165, 1.54) is 0 Å². The molecule has 1 aromatic heterocycles. The largest absolute Gasteiger partial charge is 0.349 e. The number of carbonyl (C=O) groups excluding carboxylic acids is 1. The van der Waals surface area contributed by atoms with Gasteiger partial charge in [0.05, 0.1) is 28.8 Å². The molecule has 0 aliphatic carbocycles. The van der Waals surface area contributed by atoms with Gasteiger partial charge in [0.2, 0.25) is 0 Å². The maximum absolute atomic E-state index is 12.6. The Hall–Kier alpha value is -1.37. The number of nitrogens with zero attached hydrogens (tertiary/aromatic N) is 2. The zero-order valence-electron chi connectivity index (χ0n) is 14.5. The lowest BCUT2D eigenvalue weighted by Gasteiger charge is -2.17. The van der Waals surface area contributed by atoms with Gasteiger partial charge in [-0.1, -0.05) is 27.7 Å². The molecule has 1 N–H and O–H groups in total. The third-order valence-electron chi connectivity index (χ3n) is 4.49. The van der Waals surface area contributed by atoms with Crippen molar-refractivity contribution < 1.29 is 13.2 Å². The SMILES string of the molecule is CC(C)c1nn([C@H]2CCS(=O)(=O)C2)cc1C(=O)N[C@H](C)C(C)C. The molecule has 0 spiro atoms. The lowest BCUT2D eigenvalue weighted by molar-refractivity contribution is 0.0929. The number of amides is 1. The van der Waals surface area contributed by atoms with Crippen LogP contribution in [0.15, 0.2) is 6.20 Å². The van der Waals surface area contributed by atoms with Gasteiger partial charge in [-0.15, -0.1) is 0 Å². The van der Waals surface area contributed by atoms with E-state index >= 15 is 0 Å². The van der Waals surface area contributed by atoms with Crippen molar-refractivity contribution in [1.29, 1.82) is 0 Å². The number of sulfone groups is 1. The van der Waals surface area contributed by atoms with Gasteiger partial charge >= 0.3 is 0 Å². The van der Waals surface area contributed by atoms with Gasteiger partial charge in [0, 0.05) is 12.2 Å². The van der Waals surface area contributed by atoms with Crippen molar-refractivity contribution in [1.82, 2.24) is 15.1 Å². The first-order valence-corrected chi connectivity index (χ1v) is 10.0. The average molecular weight is 341 g/mol. The molecule has 1 aliphatic rings. The van der Waals surface area contributed by atoms with E-state index in [2.05, 4.69) is 24.3 Å². The minimum Gasteiger partial charge on any atom is -0.349 e. The summed E-state index contributed by atoms with van der Waals surface area (Å²) in [6.07, 6.45) is 2.27. The molecule has 1 aliphatic heterocycles. The molecule has 2 rings (SSSR count). The van der Waals surface area contributed by atoms with E-state index in [1.807, 2.05) is 20.8 Å². The van der Waals surface area contributed by atoms with Crippen molar-refractivity contribution in [3.63, 3.8) is 0 Å². The zero-order valence-corrected chi connectivity index (χ0v) is 15.4. The quantitative estimate of drug-likeness (QED) is 0.890. The molecule has 7 heteroatoms. The standard InChI is InChI=1S/C16H27N3O3S/c1-10(2)12(5)17-16(20)14-8-19(18-15(14)11(3)4)13-6-7-23(21,22)9-13/h8,10-13H,6-7,9H2,1-5H3,(H,17,20)/t12-,13+/m1/s1. The van der Waals surface area contributed by atoms with Crippen LogP contribution in [0.2, 0.25) is 0 Å². The van der Waals surface area contributed by atoms with Crippen LogP contribution in [-0.2, 0) is 9.84 Å². The molecule has 130 valence electrons. The fraction of sp³-hybridized carbons (Fsp3) is 0.750. The summed E-state index contributed by atoms with van der Waals surface area (Å²) in [5, 5.41) is 7.52. The Bertz CT molecular complexity index is 677. The minimum atomic E-state index is -2.98. The first-order valence-electron chi connectivity index (χ1n) is 8.21. The van der Waals surface area contributed by atoms with Crippen molar-refractivity contribution in [2.45, 2.75) is 59.0 Å². The van der Waals surface area contributed by atoms with Gasteiger partial charge in [0.1, 0.15) is 0 Å². The van der Waals surface area contributed by atoms with Crippen molar-refractivity contribution >= 4 is 15.7 Å². The van der Waals surface area contributed by atoms with Crippen LogP contribution < -0.4 is 5.32 Å². The van der Waals surface area contributed by atoms with Crippen LogP contribution in [0.5, 0.6) is 0 Å². The van der Waals surface area contributed by atoms with Crippen molar-refractivity contribution in [2.24, 2.45) is 5.92 Å². The summed E-state index contributed by atoms with van der Waals surface area (Å²) in [4.78, 5) is 12.6. The van der Waals surface area contributed by atoms with Crippen LogP contribution in [0.3, 0.4) is 0 Å². The minimum absolute atomic E-state index is 0.0673. The summed E-state index contributed by atoms with van der Waals surface area (Å²) in [6.45, 7) is 10.1. The number of carbonyl (C=O) groups is 1. The molecule has 2 heterocycles. The third-order valence-corrected chi connectivity index (χ3v) is 6.24. The summed E-state index contributed by atoms with van der Waals surface area (Å²) < 4.78 is 25.0. The maximum atomic E-state index is 12.6. The molecule has 0 aromatic carbocycles. The highest BCUT2D eigenvalue weighted by Crippen LogP contribution is 2.26. The summed E-state index contributed by atoms with van der Waals surface area (Å²) in [6, 6.07) is -0.0979. The predicted molar refractivity (Wildman–Crippen MR) is 90.4 cm³/mol. The highest BCUT2D eigenvalue weighted by atomic mass is 32.2. The summed E-state index contributed by atoms with van der Waals surface area (Å²) in [5.74, 6) is 0.610. The van der Waals surface area contributed by atoms with Crippen molar-refractivity contribution in [3.8, 4) is 0 Å². The van der Waals surface area contributed by atoms with Crippen LogP contribution in [0.1, 0.15) is 69.1 Å². The van der Waals surface area contributed by atoms with Crippen molar-refractivity contribution in [3.05, 3.63) is 17.5 Å². The molecular formula is C16H27N3O3S. The Morgan fingerprint density at radius 1 is 1.30 bits per heavy atom. The van der Waals surface area contributed by atoms with Gasteiger partial charge in [-0.3, -0.25) is 9.48 Å². The van der Waals surface area contributed by atoms with Gasteiger partial charge in [-0.25, -0.2) is 8.42 Å². The van der Waals surface area contributed by atoms with Gasteiger partial charge in [0.15, 0.2) is 9.84 Å². The Morgan fingerprint density at radius 2 is 1.96 bits per heavy atom. The number of hydrogen-bond donors (Lipinski definition) is 1. The molecule has 0 bridgehead atoms. The van der Waals surface area contributed by atoms with E-state index in [9.17, 15) is 13.2 Å². The van der Waals surface area contributed by atoms with Gasteiger partial charge in [0.25, 0.3) is 5.91 Å². The molecule has 1 saturated heterocycles. The Labute approximate surface area is 138 Å². The first-order chi connectivity index (χ1) is 10.6. The van der Waals surface area contributed by atoms with E-state index < -0.39 is 9.84 Å². The lowest BCUT2D eigenvalue weighted by atomic mass is 10.0. The second-order valence-corrected chi connectivity index (χ2v) is 9.35. The number of rotatable bonds is 5. The lowest BCUT2D eigenvalue weighted by Crippen LogP contribution is -2.36. The van der Waals surface area contributed by atoms with Crippen LogP contribution in [0.4, 0.5) is 0 Å². The zero-order chi connectivity index (χ0) is 17.4. The number of hydrogen-bond acceptors (Lipinski definition) is 4. The molecule has 0 saturated carbocycles. The highest BCUT2D eigenvalue weighted by Gasteiger charge is 2.31. The molecule has 6 nitrogen and oxygen atoms in total. The van der Waals surface area contributed by atoms with Crippen LogP contribution in [-0.4, -0.2) is 41.7 Å². The monoisotopic (exact) mass is 341 g/mol. The van der Waals surface area contributed by atoms with Crippen LogP contribution in [0, 0.1) is 5.92 Å². The summed E-state index contributed by atoms with van der Waals surface area (Å²) >= 11 is 0. The molecule has 2 atom stereocenters. The second kappa shape index (κ2) is 6.63. The molecule has 23 heavy (non-hydrogen) atoms. The normalized spacial score (nSPS) is 21.8. The van der Waals surface area contributed by atoms with E-state index in [4.69, 9.17) is 0 Å². The van der Waals surface area contributed by atoms with E-state index in [0.717, 1.165) is 5.69 Å². The smallest absolute Gasteiger partial charge is 0.254 e. The fourth-order valence-electron chi connectivity index (χ4n) is 2.63. The van der Waals surface area contributed by atoms with E-state index in [0.29, 0.717) is 17.9 Å². The van der Waals surface area contributed by atoms with Gasteiger partial charge < -0.3 is 5.32 Å². The fourth-order valence-corrected chi connectivity index (χ4v) is 4.33. The molecule has 0 radical (unpaired) electrons. The molecule has 1 aromatic rings. The molecular weight excluding hydrogens is 314 g/mol. The topological polar surface area (TPSA) is 81.1 Å². The molecule has 1 amide bonds. The Balaban J connectivity index is 2.27. The number of nitrogens with one attached hydrogen (secondary N) is 1. The summed E-state index contributed by atoms with van der Waals surface area (Å²) in [7, 11) is -2.98. The van der Waals surface area contributed by atoms with E-state index in [1.54, 1.807) is 10.9 Å². The van der Waals surface area contributed by atoms with Crippen LogP contribution in [0.25, 0.3) is 0 Å². The Kier molecular flexibility index (Phi) is 5.18.